The standard InChI is InChI=1S/C10H15NO2/c1-2-13-10(12)5-9-7-11-4-3-8(9)6-11/h5,8H,2-4,6-7H2,1H3/b9-5-. The van der Waals surface area contributed by atoms with Crippen LogP contribution in [0.15, 0.2) is 11.6 Å². The third-order valence-electron chi connectivity index (χ3n) is 2.79. The molecule has 2 heterocycles. The average molecular weight is 181 g/mol. The fourth-order valence-electron chi connectivity index (χ4n) is 2.17. The normalized spacial score (nSPS) is 34.1. The van der Waals surface area contributed by atoms with Crippen LogP contribution in [0.4, 0.5) is 0 Å². The number of fused-ring (bicyclic) bond motifs is 2. The predicted molar refractivity (Wildman–Crippen MR) is 49.3 cm³/mol. The molecule has 0 aromatic carbocycles. The molecule has 13 heavy (non-hydrogen) atoms. The third kappa shape index (κ3) is 1.75. The molecule has 3 heteroatoms. The van der Waals surface area contributed by atoms with Gasteiger partial charge in [-0.3, -0.25) is 4.90 Å². The summed E-state index contributed by atoms with van der Waals surface area (Å²) < 4.78 is 4.88. The molecule has 0 aliphatic carbocycles. The highest BCUT2D eigenvalue weighted by Crippen LogP contribution is 2.31. The Balaban J connectivity index is 1.97. The van der Waals surface area contributed by atoms with Crippen molar-refractivity contribution in [3.8, 4) is 0 Å². The SMILES string of the molecule is CCOC(=O)/C=C1/CN2CCC1C2. The van der Waals surface area contributed by atoms with E-state index >= 15 is 0 Å². The Kier molecular flexibility index (Phi) is 2.36. The highest BCUT2D eigenvalue weighted by Gasteiger charge is 2.33. The summed E-state index contributed by atoms with van der Waals surface area (Å²) in [6.07, 6.45) is 2.90. The van der Waals surface area contributed by atoms with Gasteiger partial charge in [-0.05, 0) is 31.4 Å². The monoisotopic (exact) mass is 181 g/mol. The number of nitrogens with zero attached hydrogens (tertiary/aromatic N) is 1. The van der Waals surface area contributed by atoms with Gasteiger partial charge in [0.05, 0.1) is 6.61 Å². The molecule has 2 atom stereocenters. The Bertz CT molecular complexity index is 247. The van der Waals surface area contributed by atoms with Crippen LogP contribution in [-0.4, -0.2) is 37.1 Å². The highest BCUT2D eigenvalue weighted by atomic mass is 16.5. The number of esters is 1. The van der Waals surface area contributed by atoms with Gasteiger partial charge in [0, 0.05) is 19.2 Å². The number of piperidine rings is 1. The molecule has 2 bridgehead atoms. The number of hydrogen-bond acceptors (Lipinski definition) is 3. The molecule has 2 rings (SSSR count). The summed E-state index contributed by atoms with van der Waals surface area (Å²) in [4.78, 5) is 13.5. The smallest absolute Gasteiger partial charge is 0.330 e. The van der Waals surface area contributed by atoms with Gasteiger partial charge in [-0.2, -0.15) is 0 Å². The van der Waals surface area contributed by atoms with Crippen LogP contribution < -0.4 is 0 Å². The third-order valence-corrected chi connectivity index (χ3v) is 2.79. The fourth-order valence-corrected chi connectivity index (χ4v) is 2.17. The lowest BCUT2D eigenvalue weighted by Gasteiger charge is -2.13. The largest absolute Gasteiger partial charge is 0.463 e. The summed E-state index contributed by atoms with van der Waals surface area (Å²) in [6.45, 7) is 5.62. The summed E-state index contributed by atoms with van der Waals surface area (Å²) in [5.41, 5.74) is 1.27. The maximum atomic E-state index is 11.2. The molecule has 0 radical (unpaired) electrons. The van der Waals surface area contributed by atoms with Crippen molar-refractivity contribution in [2.45, 2.75) is 13.3 Å². The first kappa shape index (κ1) is 8.75. The van der Waals surface area contributed by atoms with E-state index in [1.807, 2.05) is 6.92 Å². The van der Waals surface area contributed by atoms with Crippen LogP contribution in [0.1, 0.15) is 13.3 Å². The molecule has 2 unspecified atom stereocenters. The summed E-state index contributed by atoms with van der Waals surface area (Å²) >= 11 is 0. The van der Waals surface area contributed by atoms with Crippen molar-refractivity contribution >= 4 is 5.97 Å². The summed E-state index contributed by atoms with van der Waals surface area (Å²) in [6, 6.07) is 0. The van der Waals surface area contributed by atoms with Gasteiger partial charge in [-0.25, -0.2) is 4.79 Å². The molecule has 72 valence electrons. The van der Waals surface area contributed by atoms with Crippen molar-refractivity contribution in [3.63, 3.8) is 0 Å². The highest BCUT2D eigenvalue weighted by molar-refractivity contribution is 5.83. The van der Waals surface area contributed by atoms with Gasteiger partial charge in [0.15, 0.2) is 0 Å². The Morgan fingerprint density at radius 1 is 1.77 bits per heavy atom. The second-order valence-corrected chi connectivity index (χ2v) is 3.69. The van der Waals surface area contributed by atoms with Crippen LogP contribution in [0.25, 0.3) is 0 Å². The van der Waals surface area contributed by atoms with E-state index in [9.17, 15) is 4.79 Å². The van der Waals surface area contributed by atoms with E-state index in [2.05, 4.69) is 4.90 Å². The number of carbonyl (C=O) groups excluding carboxylic acids is 1. The van der Waals surface area contributed by atoms with Gasteiger partial charge in [0.25, 0.3) is 0 Å². The summed E-state index contributed by atoms with van der Waals surface area (Å²) in [7, 11) is 0. The van der Waals surface area contributed by atoms with E-state index in [1.165, 1.54) is 18.5 Å². The molecule has 2 saturated heterocycles. The first-order valence-corrected chi connectivity index (χ1v) is 4.89. The quantitative estimate of drug-likeness (QED) is 0.466. The van der Waals surface area contributed by atoms with E-state index in [1.54, 1.807) is 6.08 Å². The molecule has 0 spiro atoms. The van der Waals surface area contributed by atoms with E-state index in [0.717, 1.165) is 13.1 Å². The molecule has 2 aliphatic heterocycles. The number of ether oxygens (including phenoxy) is 1. The van der Waals surface area contributed by atoms with E-state index in [-0.39, 0.29) is 5.97 Å². The van der Waals surface area contributed by atoms with E-state index in [4.69, 9.17) is 4.74 Å². The van der Waals surface area contributed by atoms with Gasteiger partial charge >= 0.3 is 5.97 Å². The Hall–Kier alpha value is -0.830. The minimum atomic E-state index is -0.175. The minimum Gasteiger partial charge on any atom is -0.463 e. The topological polar surface area (TPSA) is 29.5 Å². The molecular formula is C10H15NO2. The zero-order valence-corrected chi connectivity index (χ0v) is 7.95. The van der Waals surface area contributed by atoms with Gasteiger partial charge in [-0.1, -0.05) is 0 Å². The molecule has 2 fully saturated rings. The zero-order chi connectivity index (χ0) is 9.26. The van der Waals surface area contributed by atoms with E-state index in [0.29, 0.717) is 12.5 Å². The van der Waals surface area contributed by atoms with Crippen molar-refractivity contribution in [1.82, 2.24) is 4.90 Å². The Morgan fingerprint density at radius 3 is 3.15 bits per heavy atom. The number of carbonyl (C=O) groups is 1. The molecule has 3 nitrogen and oxygen atoms in total. The van der Waals surface area contributed by atoms with Crippen LogP contribution >= 0.6 is 0 Å². The van der Waals surface area contributed by atoms with Crippen LogP contribution in [-0.2, 0) is 9.53 Å². The lowest BCUT2D eigenvalue weighted by molar-refractivity contribution is -0.137. The average Bonchev–Trinajstić information content (AvgIpc) is 2.65. The first-order valence-electron chi connectivity index (χ1n) is 4.89. The number of hydrogen-bond donors (Lipinski definition) is 0. The molecule has 0 N–H and O–H groups in total. The first-order chi connectivity index (χ1) is 6.29. The van der Waals surface area contributed by atoms with Gasteiger partial charge in [-0.15, -0.1) is 0 Å². The lowest BCUT2D eigenvalue weighted by Crippen LogP contribution is -2.18. The summed E-state index contributed by atoms with van der Waals surface area (Å²) in [5.74, 6) is 0.454. The van der Waals surface area contributed by atoms with Gasteiger partial charge in [0.2, 0.25) is 0 Å². The summed E-state index contributed by atoms with van der Waals surface area (Å²) in [5, 5.41) is 0. The van der Waals surface area contributed by atoms with Crippen LogP contribution in [0.3, 0.4) is 0 Å². The van der Waals surface area contributed by atoms with Crippen molar-refractivity contribution in [2.24, 2.45) is 5.92 Å². The van der Waals surface area contributed by atoms with Crippen molar-refractivity contribution in [3.05, 3.63) is 11.6 Å². The van der Waals surface area contributed by atoms with Crippen LogP contribution in [0.2, 0.25) is 0 Å². The number of rotatable bonds is 2. The predicted octanol–water partition coefficient (Wildman–Crippen LogP) is 0.811. The molecular weight excluding hydrogens is 166 g/mol. The Labute approximate surface area is 78.4 Å². The van der Waals surface area contributed by atoms with Gasteiger partial charge < -0.3 is 4.74 Å². The maximum Gasteiger partial charge on any atom is 0.330 e. The van der Waals surface area contributed by atoms with Crippen LogP contribution in [0, 0.1) is 5.92 Å². The van der Waals surface area contributed by atoms with Crippen molar-refractivity contribution < 1.29 is 9.53 Å². The molecule has 2 aliphatic rings. The van der Waals surface area contributed by atoms with E-state index < -0.39 is 0 Å². The van der Waals surface area contributed by atoms with Crippen molar-refractivity contribution in [2.75, 3.05) is 26.2 Å². The van der Waals surface area contributed by atoms with Crippen molar-refractivity contribution in [1.29, 1.82) is 0 Å². The lowest BCUT2D eigenvalue weighted by atomic mass is 9.99. The second-order valence-electron chi connectivity index (χ2n) is 3.69. The minimum absolute atomic E-state index is 0.175. The molecule has 0 aromatic rings. The molecule has 0 amide bonds. The maximum absolute atomic E-state index is 11.2. The Morgan fingerprint density at radius 2 is 2.62 bits per heavy atom. The second kappa shape index (κ2) is 3.50. The molecule has 0 aromatic heterocycles. The van der Waals surface area contributed by atoms with Gasteiger partial charge in [0.1, 0.15) is 0 Å². The fraction of sp³-hybridized carbons (Fsp3) is 0.700. The zero-order valence-electron chi connectivity index (χ0n) is 7.95. The molecule has 0 saturated carbocycles. The van der Waals surface area contributed by atoms with Crippen LogP contribution in [0.5, 0.6) is 0 Å².